The molecule has 2 heterocycles. The van der Waals surface area contributed by atoms with Crippen LogP contribution in [0.25, 0.3) is 81.8 Å². The Morgan fingerprint density at radius 1 is 0.442 bits per heavy atom. The first-order valence-corrected chi connectivity index (χ1v) is 16.8. The van der Waals surface area contributed by atoms with Crippen LogP contribution in [0, 0.1) is 0 Å². The van der Waals surface area contributed by atoms with E-state index in [1.54, 1.807) is 0 Å². The van der Waals surface area contributed by atoms with E-state index in [-0.39, 0.29) is 17.0 Å². The van der Waals surface area contributed by atoms with Gasteiger partial charge in [-0.3, -0.25) is 4.91 Å². The van der Waals surface area contributed by atoms with Gasteiger partial charge in [0.1, 0.15) is 13.1 Å². The summed E-state index contributed by atoms with van der Waals surface area (Å²) in [6.45, 7) is 6.03. The predicted molar refractivity (Wildman–Crippen MR) is 224 cm³/mol. The van der Waals surface area contributed by atoms with Crippen molar-refractivity contribution >= 4 is 83.1 Å². The molecule has 8 N–H and O–H groups in total. The van der Waals surface area contributed by atoms with E-state index in [0.29, 0.717) is 0 Å². The summed E-state index contributed by atoms with van der Waals surface area (Å²) in [5, 5.41) is 7.12. The van der Waals surface area contributed by atoms with Crippen molar-refractivity contribution in [1.82, 2.24) is 0 Å². The largest absolute Gasteiger partial charge is 0.399 e. The number of nitrogen functional groups attached to an aromatic ring is 4. The molecule has 8 rings (SSSR count). The molecule has 0 aliphatic heterocycles. The number of rotatable bonds is 4. The molecule has 0 radical (unpaired) electrons. The molecule has 0 spiro atoms. The zero-order valence-corrected chi connectivity index (χ0v) is 30.8. The molecule has 260 valence electrons. The summed E-state index contributed by atoms with van der Waals surface area (Å²) in [5.41, 5.74) is 48.0. The summed E-state index contributed by atoms with van der Waals surface area (Å²) in [6, 6.07) is 45.4. The van der Waals surface area contributed by atoms with Gasteiger partial charge in [-0.1, -0.05) is 48.5 Å². The van der Waals surface area contributed by atoms with Gasteiger partial charge in [-0.2, -0.15) is 9.13 Å². The van der Waals surface area contributed by atoms with Gasteiger partial charge in [0.25, 0.3) is 0 Å². The van der Waals surface area contributed by atoms with Gasteiger partial charge in [0, 0.05) is 56.8 Å². The Kier molecular flexibility index (Phi) is 11.4. The van der Waals surface area contributed by atoms with E-state index >= 15 is 0 Å². The third kappa shape index (κ3) is 7.11. The fourth-order valence-corrected chi connectivity index (χ4v) is 6.99. The van der Waals surface area contributed by atoms with Crippen molar-refractivity contribution in [1.29, 1.82) is 0 Å². The number of nitrogens with zero attached hydrogens (tertiary/aromatic N) is 5. The van der Waals surface area contributed by atoms with Crippen LogP contribution >= 0.6 is 17.0 Å². The number of benzene rings is 6. The van der Waals surface area contributed by atoms with Crippen LogP contribution in [0.5, 0.6) is 0 Å². The van der Waals surface area contributed by atoms with Gasteiger partial charge in [0.05, 0.1) is 21.5 Å². The Morgan fingerprint density at radius 3 is 1.08 bits per heavy atom. The quantitative estimate of drug-likeness (QED) is 0.0351. The lowest BCUT2D eigenvalue weighted by Gasteiger charge is -2.12. The molecule has 0 amide bonds. The fourth-order valence-electron chi connectivity index (χ4n) is 6.99. The summed E-state index contributed by atoms with van der Waals surface area (Å²) >= 11 is 0. The molecule has 0 saturated carbocycles. The average molecular weight is 752 g/mol. The maximum atomic E-state index is 6.75. The molecule has 8 aromatic rings. The highest BCUT2D eigenvalue weighted by molar-refractivity contribution is 8.93. The first-order chi connectivity index (χ1) is 24.8. The number of hydrogen-bond acceptors (Lipinski definition) is 4. The normalized spacial score (nSPS) is 10.5. The second-order valence-corrected chi connectivity index (χ2v) is 12.2. The van der Waals surface area contributed by atoms with Crippen LogP contribution in [0.1, 0.15) is 13.8 Å². The molecule has 6 aromatic carbocycles. The first-order valence-electron chi connectivity index (χ1n) is 16.8. The molecule has 9 nitrogen and oxygen atoms in total. The first kappa shape index (κ1) is 36.9. The second kappa shape index (κ2) is 16.1. The Balaban J connectivity index is 0.000000184. The number of pyridine rings is 2. The standard InChI is InChI=1S/2C21H19N3.BrH.N3/c2*1-2-24-20-13-16(23)9-11-18(20)17-10-8-15(22)12-19(17)21(24)14-6-4-3-5-7-14;;1-3-2/h2*3-13,23H,2,22H2,1H3;1H;/q;;;-1/p+2. The zero-order valence-electron chi connectivity index (χ0n) is 29.1. The van der Waals surface area contributed by atoms with E-state index in [1.165, 1.54) is 59.7 Å². The van der Waals surface area contributed by atoms with Crippen LogP contribution in [-0.4, -0.2) is 0 Å². The van der Waals surface area contributed by atoms with E-state index in [1.807, 2.05) is 36.4 Å². The lowest BCUT2D eigenvalue weighted by Crippen LogP contribution is -2.36. The van der Waals surface area contributed by atoms with Gasteiger partial charge in [0.15, 0.2) is 0 Å². The Labute approximate surface area is 312 Å². The Hall–Kier alpha value is -6.35. The zero-order chi connectivity index (χ0) is 36.1. The molecule has 0 bridgehead atoms. The van der Waals surface area contributed by atoms with Crippen molar-refractivity contribution < 1.29 is 9.13 Å². The molecular weight excluding hydrogens is 710 g/mol. The topological polar surface area (TPSA) is 171 Å². The minimum Gasteiger partial charge on any atom is -0.399 e. The molecule has 0 unspecified atom stereocenters. The van der Waals surface area contributed by atoms with Crippen molar-refractivity contribution in [2.45, 2.75) is 26.9 Å². The molecule has 0 aliphatic carbocycles. The lowest BCUT2D eigenvalue weighted by molar-refractivity contribution is -0.655. The summed E-state index contributed by atoms with van der Waals surface area (Å²) < 4.78 is 4.64. The maximum absolute atomic E-state index is 6.75. The van der Waals surface area contributed by atoms with E-state index in [0.717, 1.165) is 46.9 Å². The van der Waals surface area contributed by atoms with Gasteiger partial charge in [0.2, 0.25) is 22.4 Å². The Bertz CT molecular complexity index is 2390. The number of hydrogen-bond donors (Lipinski definition) is 4. The van der Waals surface area contributed by atoms with Crippen molar-refractivity contribution in [2.24, 2.45) is 0 Å². The third-order valence-electron chi connectivity index (χ3n) is 9.07. The number of anilines is 4. The van der Waals surface area contributed by atoms with Crippen LogP contribution in [0.4, 0.5) is 22.7 Å². The number of nitrogens with two attached hydrogens (primary N) is 4. The van der Waals surface area contributed by atoms with Gasteiger partial charge in [-0.15, -0.1) is 17.0 Å². The average Bonchev–Trinajstić information content (AvgIpc) is 3.14. The molecule has 0 fully saturated rings. The highest BCUT2D eigenvalue weighted by atomic mass is 79.9. The van der Waals surface area contributed by atoms with Crippen LogP contribution in [0.2, 0.25) is 0 Å². The summed E-state index contributed by atoms with van der Waals surface area (Å²) in [4.78, 5) is 1.50. The molecule has 52 heavy (non-hydrogen) atoms. The highest BCUT2D eigenvalue weighted by Gasteiger charge is 2.24. The number of fused-ring (bicyclic) bond motifs is 6. The molecule has 0 aliphatic rings. The minimum atomic E-state index is 0. The maximum Gasteiger partial charge on any atom is 0.220 e. The molecule has 0 atom stereocenters. The van der Waals surface area contributed by atoms with E-state index in [2.05, 4.69) is 120 Å². The smallest absolute Gasteiger partial charge is 0.220 e. The van der Waals surface area contributed by atoms with E-state index in [4.69, 9.17) is 34.0 Å². The third-order valence-corrected chi connectivity index (χ3v) is 9.07. The van der Waals surface area contributed by atoms with Crippen molar-refractivity contribution in [2.75, 3.05) is 22.9 Å². The molecule has 10 heteroatoms. The van der Waals surface area contributed by atoms with Crippen LogP contribution in [0.3, 0.4) is 0 Å². The molecule has 2 aromatic heterocycles. The van der Waals surface area contributed by atoms with Gasteiger partial charge in [-0.05, 0) is 86.6 Å². The SMILES string of the molecule is Br.CC[n+]1c(-c2ccccc2)c2cc(N)ccc2c2ccc(N)cc21.CC[n+]1c(-c2ccccc2)c2cc(N)ccc2c2ccc(N)cc21.[N-]=[N+]=[N-]. The van der Waals surface area contributed by atoms with Crippen molar-refractivity contribution in [3.8, 4) is 22.5 Å². The highest BCUT2D eigenvalue weighted by Crippen LogP contribution is 2.34. The monoisotopic (exact) mass is 750 g/mol. The van der Waals surface area contributed by atoms with Crippen molar-refractivity contribution in [3.63, 3.8) is 0 Å². The van der Waals surface area contributed by atoms with Crippen LogP contribution in [-0.2, 0) is 13.1 Å². The van der Waals surface area contributed by atoms with Crippen LogP contribution in [0.15, 0.2) is 133 Å². The Morgan fingerprint density at radius 2 is 0.750 bits per heavy atom. The number of aryl methyl sites for hydroxylation is 2. The van der Waals surface area contributed by atoms with Crippen LogP contribution < -0.4 is 32.1 Å². The van der Waals surface area contributed by atoms with Gasteiger partial charge >= 0.3 is 0 Å². The molecule has 0 saturated heterocycles. The van der Waals surface area contributed by atoms with Gasteiger partial charge < -0.3 is 34.0 Å². The number of aromatic nitrogens is 2. The summed E-state index contributed by atoms with van der Waals surface area (Å²) in [5.74, 6) is 0. The van der Waals surface area contributed by atoms with E-state index < -0.39 is 0 Å². The lowest BCUT2D eigenvalue weighted by atomic mass is 9.98. The second-order valence-electron chi connectivity index (χ2n) is 12.2. The van der Waals surface area contributed by atoms with Crippen molar-refractivity contribution in [3.05, 3.63) is 149 Å². The molecular formula is C42H41BrN9+. The van der Waals surface area contributed by atoms with Gasteiger partial charge in [-0.25, -0.2) is 0 Å². The number of halogens is 1. The fraction of sp³-hybridized carbons (Fsp3) is 0.0952. The van der Waals surface area contributed by atoms with E-state index in [9.17, 15) is 0 Å². The summed E-state index contributed by atoms with van der Waals surface area (Å²) in [7, 11) is 0. The summed E-state index contributed by atoms with van der Waals surface area (Å²) in [6.07, 6.45) is 0. The predicted octanol–water partition coefficient (Wildman–Crippen LogP) is 9.71. The minimum absolute atomic E-state index is 0.